The Labute approximate surface area is 145 Å². The quantitative estimate of drug-likeness (QED) is 0.650. The maximum absolute atomic E-state index is 11.9. The smallest absolute Gasteiger partial charge is 0.194 e. The van der Waals surface area contributed by atoms with Crippen LogP contribution in [0.5, 0.6) is 0 Å². The van der Waals surface area contributed by atoms with Gasteiger partial charge in [-0.2, -0.15) is 0 Å². The third kappa shape index (κ3) is 4.82. The number of likely N-dealkylation sites (tertiary alicyclic amines) is 1. The number of hydrogen-bond donors (Lipinski definition) is 1. The molecule has 134 valence electrons. The summed E-state index contributed by atoms with van der Waals surface area (Å²) in [6.45, 7) is 3.88. The van der Waals surface area contributed by atoms with Crippen molar-refractivity contribution in [3.63, 3.8) is 0 Å². The summed E-state index contributed by atoms with van der Waals surface area (Å²) in [6, 6.07) is 1.21. The van der Waals surface area contributed by atoms with Crippen LogP contribution in [-0.2, 0) is 0 Å². The van der Waals surface area contributed by atoms with E-state index in [0.717, 1.165) is 11.1 Å². The highest BCUT2D eigenvalue weighted by Crippen LogP contribution is 2.49. The van der Waals surface area contributed by atoms with E-state index >= 15 is 0 Å². The summed E-state index contributed by atoms with van der Waals surface area (Å²) >= 11 is 0. The van der Waals surface area contributed by atoms with Crippen LogP contribution in [-0.4, -0.2) is 37.6 Å². The van der Waals surface area contributed by atoms with E-state index < -0.39 is 8.32 Å². The lowest BCUT2D eigenvalue weighted by Gasteiger charge is -2.44. The molecule has 23 heavy (non-hydrogen) atoms. The van der Waals surface area contributed by atoms with Crippen LogP contribution < -0.4 is 0 Å². The summed E-state index contributed by atoms with van der Waals surface area (Å²) in [4.78, 5) is 14.6. The van der Waals surface area contributed by atoms with Crippen molar-refractivity contribution < 1.29 is 4.80 Å². The van der Waals surface area contributed by atoms with E-state index in [2.05, 4.69) is 4.90 Å². The second-order valence-corrected chi connectivity index (χ2v) is 12.8. The second kappa shape index (κ2) is 9.01. The van der Waals surface area contributed by atoms with E-state index in [1.54, 1.807) is 0 Å². The first-order chi connectivity index (χ1) is 11.3. The molecule has 0 aromatic rings. The third-order valence-corrected chi connectivity index (χ3v) is 12.3. The first kappa shape index (κ1) is 17.9. The van der Waals surface area contributed by atoms with Crippen LogP contribution >= 0.6 is 0 Å². The van der Waals surface area contributed by atoms with Crippen LogP contribution in [0.25, 0.3) is 0 Å². The Bertz CT molecular complexity index is 313. The normalized spacial score (nSPS) is 26.5. The lowest BCUT2D eigenvalue weighted by Crippen LogP contribution is -2.47. The molecule has 1 aliphatic heterocycles. The number of hydrogen-bond acceptors (Lipinski definition) is 2. The van der Waals surface area contributed by atoms with Crippen molar-refractivity contribution in [3.05, 3.63) is 0 Å². The van der Waals surface area contributed by atoms with E-state index in [1.807, 2.05) is 0 Å². The van der Waals surface area contributed by atoms with Gasteiger partial charge in [-0.05, 0) is 56.0 Å². The minimum atomic E-state index is -2.06. The van der Waals surface area contributed by atoms with Gasteiger partial charge in [0, 0.05) is 0 Å². The number of nitrogens with zero attached hydrogens (tertiary/aromatic N) is 1. The first-order valence-electron chi connectivity index (χ1n) is 10.7. The molecule has 3 aliphatic rings. The maximum atomic E-state index is 11.9. The molecule has 0 aromatic carbocycles. The fourth-order valence-electron chi connectivity index (χ4n) is 5.72. The van der Waals surface area contributed by atoms with E-state index in [1.165, 1.54) is 116 Å². The highest BCUT2D eigenvalue weighted by molar-refractivity contribution is 6.75. The molecular weight excluding hydrogens is 298 g/mol. The van der Waals surface area contributed by atoms with Crippen molar-refractivity contribution in [2.75, 3.05) is 19.6 Å². The maximum Gasteiger partial charge on any atom is 0.194 e. The lowest BCUT2D eigenvalue weighted by atomic mass is 9.99. The largest absolute Gasteiger partial charge is 0.431 e. The van der Waals surface area contributed by atoms with Gasteiger partial charge in [-0.25, -0.2) is 0 Å². The molecule has 0 unspecified atom stereocenters. The molecule has 0 aromatic heterocycles. The average Bonchev–Trinajstić information content (AvgIpc) is 2.64. The SMILES string of the molecule is O[Si](CCCN1CCCCC1)(C1CCCCC1)C1CCCCC1. The Morgan fingerprint density at radius 2 is 1.17 bits per heavy atom. The summed E-state index contributed by atoms with van der Waals surface area (Å²) in [5.74, 6) is 0. The molecule has 1 saturated heterocycles. The third-order valence-electron chi connectivity index (χ3n) is 7.12. The van der Waals surface area contributed by atoms with Crippen LogP contribution in [0, 0.1) is 0 Å². The van der Waals surface area contributed by atoms with Crippen molar-refractivity contribution in [3.8, 4) is 0 Å². The standard InChI is InChI=1S/C20H39NOSi/c22-23(19-11-4-1-5-12-19,20-13-6-2-7-14-20)18-10-17-21-15-8-3-9-16-21/h19-20,22H,1-18H2. The Hall–Kier alpha value is 0.137. The topological polar surface area (TPSA) is 23.5 Å². The highest BCUT2D eigenvalue weighted by atomic mass is 28.4. The Kier molecular flexibility index (Phi) is 7.03. The Balaban J connectivity index is 1.56. The molecule has 0 bridgehead atoms. The minimum absolute atomic E-state index is 0.737. The number of piperidine rings is 1. The molecule has 0 radical (unpaired) electrons. The van der Waals surface area contributed by atoms with Gasteiger partial charge in [-0.15, -0.1) is 0 Å². The monoisotopic (exact) mass is 337 g/mol. The van der Waals surface area contributed by atoms with Crippen LogP contribution in [0.4, 0.5) is 0 Å². The van der Waals surface area contributed by atoms with Gasteiger partial charge < -0.3 is 9.70 Å². The zero-order chi connectivity index (χ0) is 16.0. The second-order valence-electron chi connectivity index (χ2n) is 8.67. The van der Waals surface area contributed by atoms with Gasteiger partial charge in [-0.3, -0.25) is 0 Å². The molecule has 2 aliphatic carbocycles. The van der Waals surface area contributed by atoms with Gasteiger partial charge in [0.05, 0.1) is 0 Å². The molecule has 0 amide bonds. The van der Waals surface area contributed by atoms with Crippen molar-refractivity contribution in [1.82, 2.24) is 4.90 Å². The van der Waals surface area contributed by atoms with Crippen LogP contribution in [0.2, 0.25) is 17.1 Å². The van der Waals surface area contributed by atoms with Gasteiger partial charge in [0.2, 0.25) is 0 Å². The van der Waals surface area contributed by atoms with Crippen LogP contribution in [0.15, 0.2) is 0 Å². The van der Waals surface area contributed by atoms with Gasteiger partial charge in [0.1, 0.15) is 0 Å². The van der Waals surface area contributed by atoms with Crippen LogP contribution in [0.3, 0.4) is 0 Å². The van der Waals surface area contributed by atoms with E-state index in [9.17, 15) is 4.80 Å². The highest BCUT2D eigenvalue weighted by Gasteiger charge is 2.46. The van der Waals surface area contributed by atoms with Crippen molar-refractivity contribution >= 4 is 8.32 Å². The van der Waals surface area contributed by atoms with Gasteiger partial charge in [0.25, 0.3) is 0 Å². The van der Waals surface area contributed by atoms with E-state index in [4.69, 9.17) is 0 Å². The summed E-state index contributed by atoms with van der Waals surface area (Å²) in [5.41, 5.74) is 1.47. The molecule has 1 N–H and O–H groups in total. The van der Waals surface area contributed by atoms with Crippen LogP contribution in [0.1, 0.15) is 89.9 Å². The predicted molar refractivity (Wildman–Crippen MR) is 101 cm³/mol. The van der Waals surface area contributed by atoms with Crippen molar-refractivity contribution in [2.45, 2.75) is 107 Å². The molecule has 1 heterocycles. The summed E-state index contributed by atoms with van der Waals surface area (Å²) in [7, 11) is -2.06. The molecular formula is C20H39NOSi. The summed E-state index contributed by atoms with van der Waals surface area (Å²) in [6.07, 6.45) is 19.3. The van der Waals surface area contributed by atoms with Gasteiger partial charge >= 0.3 is 0 Å². The molecule has 2 saturated carbocycles. The zero-order valence-corrected chi connectivity index (χ0v) is 16.3. The molecule has 3 fully saturated rings. The minimum Gasteiger partial charge on any atom is -0.431 e. The first-order valence-corrected chi connectivity index (χ1v) is 13.0. The van der Waals surface area contributed by atoms with E-state index in [-0.39, 0.29) is 0 Å². The van der Waals surface area contributed by atoms with E-state index in [0.29, 0.717) is 0 Å². The van der Waals surface area contributed by atoms with Gasteiger partial charge in [0.15, 0.2) is 8.32 Å². The number of rotatable bonds is 6. The molecule has 0 atom stereocenters. The van der Waals surface area contributed by atoms with Crippen molar-refractivity contribution in [2.24, 2.45) is 0 Å². The predicted octanol–water partition coefficient (Wildman–Crippen LogP) is 5.47. The van der Waals surface area contributed by atoms with Crippen molar-refractivity contribution in [1.29, 1.82) is 0 Å². The zero-order valence-electron chi connectivity index (χ0n) is 15.3. The fourth-order valence-corrected chi connectivity index (χ4v) is 10.7. The molecule has 3 heteroatoms. The summed E-state index contributed by atoms with van der Waals surface area (Å²) in [5, 5.41) is 0. The average molecular weight is 338 g/mol. The Morgan fingerprint density at radius 3 is 1.70 bits per heavy atom. The molecule has 3 rings (SSSR count). The lowest BCUT2D eigenvalue weighted by molar-refractivity contribution is 0.227. The van der Waals surface area contributed by atoms with Gasteiger partial charge in [-0.1, -0.05) is 70.6 Å². The molecule has 0 spiro atoms. The Morgan fingerprint density at radius 1 is 0.696 bits per heavy atom. The fraction of sp³-hybridized carbons (Fsp3) is 1.00. The summed E-state index contributed by atoms with van der Waals surface area (Å²) < 4.78 is 0. The molecule has 2 nitrogen and oxygen atoms in total.